The standard InChI is InChI=1S/C18H14N2O5S/c21-17(6-10-1-4-13-14(5-10)25-9-24-13)19-12-3-2-11-7-16(18(22)20-23)26-15(11)8-12/h1-5,7-8,23H,6,9H2,(H,19,21)(H,20,22). The van der Waals surface area contributed by atoms with E-state index in [1.165, 1.54) is 11.3 Å². The van der Waals surface area contributed by atoms with E-state index in [4.69, 9.17) is 14.7 Å². The fraction of sp³-hybridized carbons (Fsp3) is 0.111. The van der Waals surface area contributed by atoms with Crippen LogP contribution in [0.25, 0.3) is 10.1 Å². The number of amides is 2. The van der Waals surface area contributed by atoms with E-state index in [0.29, 0.717) is 22.1 Å². The van der Waals surface area contributed by atoms with Crippen LogP contribution in [0.5, 0.6) is 11.5 Å². The van der Waals surface area contributed by atoms with Crippen LogP contribution in [0.4, 0.5) is 5.69 Å². The van der Waals surface area contributed by atoms with Crippen LogP contribution in [-0.4, -0.2) is 23.8 Å². The van der Waals surface area contributed by atoms with E-state index in [1.807, 2.05) is 12.1 Å². The number of rotatable bonds is 4. The summed E-state index contributed by atoms with van der Waals surface area (Å²) >= 11 is 1.23. The quantitative estimate of drug-likeness (QED) is 0.485. The Balaban J connectivity index is 1.47. The molecule has 7 nitrogen and oxygen atoms in total. The second-order valence-corrected chi connectivity index (χ2v) is 6.80. The number of ether oxygens (including phenoxy) is 2. The molecule has 132 valence electrons. The molecule has 0 saturated carbocycles. The van der Waals surface area contributed by atoms with Gasteiger partial charge in [-0.2, -0.15) is 0 Å². The minimum atomic E-state index is -0.556. The maximum Gasteiger partial charge on any atom is 0.284 e. The Morgan fingerprint density at radius 1 is 1.08 bits per heavy atom. The first-order chi connectivity index (χ1) is 12.6. The molecular weight excluding hydrogens is 356 g/mol. The molecule has 3 aromatic rings. The van der Waals surface area contributed by atoms with Crippen molar-refractivity contribution in [2.24, 2.45) is 0 Å². The summed E-state index contributed by atoms with van der Waals surface area (Å²) in [5, 5.41) is 12.4. The Kier molecular flexibility index (Phi) is 4.19. The fourth-order valence-electron chi connectivity index (χ4n) is 2.72. The third-order valence-electron chi connectivity index (χ3n) is 3.93. The minimum absolute atomic E-state index is 0.159. The second-order valence-electron chi connectivity index (χ2n) is 5.72. The largest absolute Gasteiger partial charge is 0.454 e. The summed E-state index contributed by atoms with van der Waals surface area (Å²) < 4.78 is 11.4. The number of anilines is 1. The molecule has 26 heavy (non-hydrogen) atoms. The lowest BCUT2D eigenvalue weighted by Crippen LogP contribution is -2.16. The smallest absolute Gasteiger partial charge is 0.284 e. The SMILES string of the molecule is O=C(Cc1ccc2c(c1)OCO2)Nc1ccc2cc(C(=O)NO)sc2c1. The molecule has 0 saturated heterocycles. The van der Waals surface area contributed by atoms with Gasteiger partial charge in [-0.3, -0.25) is 14.8 Å². The average molecular weight is 370 g/mol. The zero-order valence-electron chi connectivity index (χ0n) is 13.4. The molecule has 1 aliphatic heterocycles. The number of fused-ring (bicyclic) bond motifs is 2. The summed E-state index contributed by atoms with van der Waals surface area (Å²) in [7, 11) is 0. The van der Waals surface area contributed by atoms with Gasteiger partial charge in [0.15, 0.2) is 11.5 Å². The molecule has 0 unspecified atom stereocenters. The first-order valence-electron chi connectivity index (χ1n) is 7.79. The molecule has 3 N–H and O–H groups in total. The second kappa shape index (κ2) is 6.66. The van der Waals surface area contributed by atoms with E-state index >= 15 is 0 Å². The van der Waals surface area contributed by atoms with Crippen LogP contribution in [0.15, 0.2) is 42.5 Å². The van der Waals surface area contributed by atoms with E-state index in [2.05, 4.69) is 5.32 Å². The highest BCUT2D eigenvalue weighted by atomic mass is 32.1. The van der Waals surface area contributed by atoms with Gasteiger partial charge in [0, 0.05) is 10.4 Å². The van der Waals surface area contributed by atoms with Gasteiger partial charge in [0.1, 0.15) is 0 Å². The van der Waals surface area contributed by atoms with Crippen LogP contribution in [-0.2, 0) is 11.2 Å². The molecule has 0 bridgehead atoms. The number of carbonyl (C=O) groups is 2. The molecule has 8 heteroatoms. The molecule has 2 heterocycles. The van der Waals surface area contributed by atoms with Gasteiger partial charge in [0.2, 0.25) is 12.7 Å². The predicted octanol–water partition coefficient (Wildman–Crippen LogP) is 2.93. The van der Waals surface area contributed by atoms with Gasteiger partial charge in [0.25, 0.3) is 5.91 Å². The number of hydroxylamine groups is 1. The van der Waals surface area contributed by atoms with Gasteiger partial charge in [-0.25, -0.2) is 5.48 Å². The first-order valence-corrected chi connectivity index (χ1v) is 8.60. The van der Waals surface area contributed by atoms with Crippen molar-refractivity contribution in [3.63, 3.8) is 0 Å². The zero-order valence-corrected chi connectivity index (χ0v) is 14.3. The van der Waals surface area contributed by atoms with Crippen LogP contribution in [0.1, 0.15) is 15.2 Å². The molecule has 0 aliphatic carbocycles. The molecule has 2 amide bonds. The number of thiophene rings is 1. The number of benzene rings is 2. The average Bonchev–Trinajstić information content (AvgIpc) is 3.26. The van der Waals surface area contributed by atoms with Crippen LogP contribution in [0.3, 0.4) is 0 Å². The van der Waals surface area contributed by atoms with E-state index in [-0.39, 0.29) is 19.1 Å². The van der Waals surface area contributed by atoms with E-state index < -0.39 is 5.91 Å². The lowest BCUT2D eigenvalue weighted by molar-refractivity contribution is -0.115. The van der Waals surface area contributed by atoms with E-state index in [1.54, 1.807) is 35.8 Å². The number of carbonyl (C=O) groups excluding carboxylic acids is 2. The highest BCUT2D eigenvalue weighted by Crippen LogP contribution is 2.33. The Labute approximate surface area is 152 Å². The Morgan fingerprint density at radius 3 is 2.77 bits per heavy atom. The third-order valence-corrected chi connectivity index (χ3v) is 5.03. The summed E-state index contributed by atoms with van der Waals surface area (Å²) in [4.78, 5) is 24.2. The van der Waals surface area contributed by atoms with Gasteiger partial charge in [-0.05, 0) is 41.3 Å². The van der Waals surface area contributed by atoms with Gasteiger partial charge < -0.3 is 14.8 Å². The van der Waals surface area contributed by atoms with E-state index in [9.17, 15) is 9.59 Å². The molecule has 2 aromatic carbocycles. The van der Waals surface area contributed by atoms with Crippen LogP contribution in [0.2, 0.25) is 0 Å². The molecule has 0 fully saturated rings. The Hall–Kier alpha value is -3.10. The Bertz CT molecular complexity index is 1010. The van der Waals surface area contributed by atoms with Gasteiger partial charge in [-0.1, -0.05) is 12.1 Å². The highest BCUT2D eigenvalue weighted by Gasteiger charge is 2.15. The maximum atomic E-state index is 12.3. The van der Waals surface area contributed by atoms with Gasteiger partial charge >= 0.3 is 0 Å². The summed E-state index contributed by atoms with van der Waals surface area (Å²) in [6.45, 7) is 0.197. The normalized spacial score (nSPS) is 12.2. The molecule has 0 radical (unpaired) electrons. The third kappa shape index (κ3) is 3.19. The topological polar surface area (TPSA) is 96.9 Å². The summed E-state index contributed by atoms with van der Waals surface area (Å²) in [6, 6.07) is 12.5. The van der Waals surface area contributed by atoms with Crippen LogP contribution < -0.4 is 20.3 Å². The van der Waals surface area contributed by atoms with Crippen molar-refractivity contribution in [3.05, 3.63) is 52.9 Å². The summed E-state index contributed by atoms with van der Waals surface area (Å²) in [5.41, 5.74) is 3.08. The van der Waals surface area contributed by atoms with Gasteiger partial charge in [0.05, 0.1) is 11.3 Å². The monoisotopic (exact) mass is 370 g/mol. The molecule has 0 atom stereocenters. The minimum Gasteiger partial charge on any atom is -0.454 e. The molecule has 0 spiro atoms. The van der Waals surface area contributed by atoms with Crippen molar-refractivity contribution in [2.75, 3.05) is 12.1 Å². The van der Waals surface area contributed by atoms with Crippen molar-refractivity contribution in [1.82, 2.24) is 5.48 Å². The Morgan fingerprint density at radius 2 is 1.92 bits per heavy atom. The lowest BCUT2D eigenvalue weighted by Gasteiger charge is -2.06. The van der Waals surface area contributed by atoms with Gasteiger partial charge in [-0.15, -0.1) is 11.3 Å². The molecule has 1 aromatic heterocycles. The van der Waals surface area contributed by atoms with Crippen molar-refractivity contribution < 1.29 is 24.3 Å². The van der Waals surface area contributed by atoms with Crippen molar-refractivity contribution in [3.8, 4) is 11.5 Å². The van der Waals surface area contributed by atoms with Crippen molar-refractivity contribution in [1.29, 1.82) is 0 Å². The van der Waals surface area contributed by atoms with Crippen LogP contribution >= 0.6 is 11.3 Å². The first kappa shape index (κ1) is 16.4. The zero-order chi connectivity index (χ0) is 18.1. The summed E-state index contributed by atoms with van der Waals surface area (Å²) in [6.07, 6.45) is 0.206. The molecular formula is C18H14N2O5S. The van der Waals surface area contributed by atoms with Crippen LogP contribution in [0, 0.1) is 0 Å². The molecule has 1 aliphatic rings. The van der Waals surface area contributed by atoms with Crippen molar-refractivity contribution >= 4 is 38.9 Å². The predicted molar refractivity (Wildman–Crippen MR) is 96.0 cm³/mol. The fourth-order valence-corrected chi connectivity index (χ4v) is 3.71. The van der Waals surface area contributed by atoms with E-state index in [0.717, 1.165) is 15.6 Å². The maximum absolute atomic E-state index is 12.3. The number of hydrogen-bond donors (Lipinski definition) is 3. The summed E-state index contributed by atoms with van der Waals surface area (Å²) in [5.74, 6) is 0.609. The highest BCUT2D eigenvalue weighted by molar-refractivity contribution is 7.20. The molecule has 4 rings (SSSR count). The van der Waals surface area contributed by atoms with Crippen molar-refractivity contribution in [2.45, 2.75) is 6.42 Å². The lowest BCUT2D eigenvalue weighted by atomic mass is 10.1. The number of hydrogen-bond acceptors (Lipinski definition) is 6. The number of nitrogens with one attached hydrogen (secondary N) is 2.